The third-order valence-electron chi connectivity index (χ3n) is 2.55. The minimum atomic E-state index is -0.360. The normalized spacial score (nSPS) is 11.9. The van der Waals surface area contributed by atoms with E-state index in [1.807, 2.05) is 24.3 Å². The number of hydrogen-bond donors (Lipinski definition) is 3. The number of anilines is 1. The maximum absolute atomic E-state index is 11.7. The molecule has 1 aromatic heterocycles. The molecule has 0 bridgehead atoms. The van der Waals surface area contributed by atoms with E-state index in [1.165, 1.54) is 0 Å². The molecule has 0 fully saturated rings. The Kier molecular flexibility index (Phi) is 4.15. The summed E-state index contributed by atoms with van der Waals surface area (Å²) in [7, 11) is 0. The van der Waals surface area contributed by atoms with E-state index in [2.05, 4.69) is 15.7 Å². The predicted molar refractivity (Wildman–Crippen MR) is 72.3 cm³/mol. The van der Waals surface area contributed by atoms with Crippen molar-refractivity contribution in [3.63, 3.8) is 0 Å². The van der Waals surface area contributed by atoms with Gasteiger partial charge >= 0.3 is 6.03 Å². The predicted octanol–water partition coefficient (Wildman–Crippen LogP) is 1.37. The molecule has 2 aromatic rings. The van der Waals surface area contributed by atoms with Crippen molar-refractivity contribution in [3.8, 4) is 5.69 Å². The van der Waals surface area contributed by atoms with Gasteiger partial charge in [0, 0.05) is 12.4 Å². The van der Waals surface area contributed by atoms with Crippen LogP contribution in [0.3, 0.4) is 0 Å². The van der Waals surface area contributed by atoms with Crippen LogP contribution in [0.2, 0.25) is 0 Å². The summed E-state index contributed by atoms with van der Waals surface area (Å²) < 4.78 is 1.67. The average Bonchev–Trinajstić information content (AvgIpc) is 2.93. The van der Waals surface area contributed by atoms with E-state index in [0.29, 0.717) is 5.69 Å². The zero-order valence-electron chi connectivity index (χ0n) is 10.6. The van der Waals surface area contributed by atoms with E-state index >= 15 is 0 Å². The molecule has 0 aliphatic heterocycles. The Hall–Kier alpha value is -2.34. The van der Waals surface area contributed by atoms with Crippen molar-refractivity contribution < 1.29 is 9.90 Å². The van der Waals surface area contributed by atoms with Crippen molar-refractivity contribution in [2.45, 2.75) is 13.0 Å². The van der Waals surface area contributed by atoms with Crippen molar-refractivity contribution in [1.29, 1.82) is 0 Å². The Morgan fingerprint density at radius 3 is 2.89 bits per heavy atom. The van der Waals surface area contributed by atoms with Gasteiger partial charge in [-0.2, -0.15) is 5.10 Å². The van der Waals surface area contributed by atoms with Crippen LogP contribution >= 0.6 is 0 Å². The van der Waals surface area contributed by atoms with E-state index in [1.54, 1.807) is 30.1 Å². The first-order chi connectivity index (χ1) is 9.20. The van der Waals surface area contributed by atoms with Crippen LogP contribution in [0.5, 0.6) is 0 Å². The number of aliphatic hydroxyl groups is 1. The average molecular weight is 260 g/mol. The van der Waals surface area contributed by atoms with E-state index in [0.717, 1.165) is 5.69 Å². The first-order valence-electron chi connectivity index (χ1n) is 5.98. The summed E-state index contributed by atoms with van der Waals surface area (Å²) in [5, 5.41) is 18.4. The van der Waals surface area contributed by atoms with Gasteiger partial charge in [0.15, 0.2) is 0 Å². The van der Waals surface area contributed by atoms with E-state index in [-0.39, 0.29) is 18.7 Å². The number of carbonyl (C=O) groups excluding carboxylic acids is 1. The number of amides is 2. The van der Waals surface area contributed by atoms with Crippen LogP contribution in [0.15, 0.2) is 42.7 Å². The number of carbonyl (C=O) groups is 1. The highest BCUT2D eigenvalue weighted by Gasteiger charge is 2.09. The maximum atomic E-state index is 11.7. The monoisotopic (exact) mass is 260 g/mol. The molecule has 100 valence electrons. The van der Waals surface area contributed by atoms with Gasteiger partial charge in [-0.25, -0.2) is 9.48 Å². The van der Waals surface area contributed by atoms with Crippen LogP contribution < -0.4 is 10.6 Å². The van der Waals surface area contributed by atoms with E-state index in [4.69, 9.17) is 5.11 Å². The molecule has 0 saturated carbocycles. The lowest BCUT2D eigenvalue weighted by Crippen LogP contribution is -2.38. The highest BCUT2D eigenvalue weighted by atomic mass is 16.3. The van der Waals surface area contributed by atoms with Crippen LogP contribution in [-0.2, 0) is 0 Å². The van der Waals surface area contributed by atoms with Crippen molar-refractivity contribution in [3.05, 3.63) is 42.7 Å². The minimum absolute atomic E-state index is 0.103. The van der Waals surface area contributed by atoms with Crippen LogP contribution in [-0.4, -0.2) is 33.6 Å². The van der Waals surface area contributed by atoms with Gasteiger partial charge in [-0.15, -0.1) is 0 Å². The Morgan fingerprint density at radius 2 is 2.21 bits per heavy atom. The fraction of sp³-hybridized carbons (Fsp3) is 0.231. The molecule has 0 aliphatic rings. The van der Waals surface area contributed by atoms with Gasteiger partial charge in [0.25, 0.3) is 0 Å². The summed E-state index contributed by atoms with van der Waals surface area (Å²) in [6.45, 7) is 1.62. The topological polar surface area (TPSA) is 79.2 Å². The number of hydrogen-bond acceptors (Lipinski definition) is 3. The largest absolute Gasteiger partial charge is 0.394 e. The molecule has 1 aromatic carbocycles. The van der Waals surface area contributed by atoms with Crippen LogP contribution in [0.4, 0.5) is 10.5 Å². The SMILES string of the molecule is CC(CO)NC(=O)Nc1ccccc1-n1cccn1. The molecule has 1 heterocycles. The van der Waals surface area contributed by atoms with Gasteiger partial charge in [0.1, 0.15) is 0 Å². The zero-order valence-corrected chi connectivity index (χ0v) is 10.6. The standard InChI is InChI=1S/C13H16N4O2/c1-10(9-18)15-13(19)16-11-5-2-3-6-12(11)17-8-4-7-14-17/h2-8,10,18H,9H2,1H3,(H2,15,16,19). The molecular weight excluding hydrogens is 244 g/mol. The molecule has 2 amide bonds. The lowest BCUT2D eigenvalue weighted by atomic mass is 10.2. The molecule has 1 atom stereocenters. The molecule has 6 heteroatoms. The van der Waals surface area contributed by atoms with E-state index in [9.17, 15) is 4.79 Å². The van der Waals surface area contributed by atoms with Crippen LogP contribution in [0.25, 0.3) is 5.69 Å². The van der Waals surface area contributed by atoms with Gasteiger partial charge in [0.2, 0.25) is 0 Å². The Labute approximate surface area is 111 Å². The third kappa shape index (κ3) is 3.32. The molecule has 19 heavy (non-hydrogen) atoms. The maximum Gasteiger partial charge on any atom is 0.319 e. The number of benzene rings is 1. The molecule has 0 spiro atoms. The van der Waals surface area contributed by atoms with Crippen molar-refractivity contribution in [1.82, 2.24) is 15.1 Å². The summed E-state index contributed by atoms with van der Waals surface area (Å²) in [5.74, 6) is 0. The molecule has 0 radical (unpaired) electrons. The molecule has 1 unspecified atom stereocenters. The molecule has 0 saturated heterocycles. The number of urea groups is 1. The second kappa shape index (κ2) is 6.01. The second-order valence-corrected chi connectivity index (χ2v) is 4.15. The first-order valence-corrected chi connectivity index (χ1v) is 5.98. The van der Waals surface area contributed by atoms with Gasteiger partial charge in [0.05, 0.1) is 24.0 Å². The van der Waals surface area contributed by atoms with Crippen LogP contribution in [0, 0.1) is 0 Å². The summed E-state index contributed by atoms with van der Waals surface area (Å²) in [6.07, 6.45) is 3.47. The van der Waals surface area contributed by atoms with Crippen molar-refractivity contribution in [2.75, 3.05) is 11.9 Å². The van der Waals surface area contributed by atoms with Gasteiger partial charge in [-0.3, -0.25) is 0 Å². The number of para-hydroxylation sites is 2. The number of nitrogens with zero attached hydrogens (tertiary/aromatic N) is 2. The van der Waals surface area contributed by atoms with Crippen LogP contribution in [0.1, 0.15) is 6.92 Å². The Bertz CT molecular complexity index is 539. The summed E-state index contributed by atoms with van der Waals surface area (Å²) in [6, 6.07) is 8.51. The zero-order chi connectivity index (χ0) is 13.7. The number of aliphatic hydroxyl groups excluding tert-OH is 1. The molecule has 6 nitrogen and oxygen atoms in total. The number of rotatable bonds is 4. The molecular formula is C13H16N4O2. The highest BCUT2D eigenvalue weighted by molar-refractivity contribution is 5.91. The summed E-state index contributed by atoms with van der Waals surface area (Å²) in [4.78, 5) is 11.7. The molecule has 2 rings (SSSR count). The van der Waals surface area contributed by atoms with Gasteiger partial charge in [-0.05, 0) is 25.1 Å². The summed E-state index contributed by atoms with van der Waals surface area (Å²) in [5.41, 5.74) is 1.42. The first kappa shape index (κ1) is 13.1. The fourth-order valence-corrected chi connectivity index (χ4v) is 1.62. The number of nitrogens with one attached hydrogen (secondary N) is 2. The molecule has 0 aliphatic carbocycles. The quantitative estimate of drug-likeness (QED) is 0.777. The lowest BCUT2D eigenvalue weighted by Gasteiger charge is -2.14. The second-order valence-electron chi connectivity index (χ2n) is 4.15. The highest BCUT2D eigenvalue weighted by Crippen LogP contribution is 2.18. The van der Waals surface area contributed by atoms with E-state index < -0.39 is 0 Å². The Morgan fingerprint density at radius 1 is 1.42 bits per heavy atom. The smallest absolute Gasteiger partial charge is 0.319 e. The minimum Gasteiger partial charge on any atom is -0.394 e. The van der Waals surface area contributed by atoms with Crippen molar-refractivity contribution in [2.24, 2.45) is 0 Å². The molecule has 3 N–H and O–H groups in total. The lowest BCUT2D eigenvalue weighted by molar-refractivity contribution is 0.229. The van der Waals surface area contributed by atoms with Gasteiger partial charge < -0.3 is 15.7 Å². The fourth-order valence-electron chi connectivity index (χ4n) is 1.62. The Balaban J connectivity index is 2.15. The van der Waals surface area contributed by atoms with Crippen molar-refractivity contribution >= 4 is 11.7 Å². The third-order valence-corrected chi connectivity index (χ3v) is 2.55. The van der Waals surface area contributed by atoms with Gasteiger partial charge in [-0.1, -0.05) is 12.1 Å². The summed E-state index contributed by atoms with van der Waals surface area (Å²) >= 11 is 0. The number of aromatic nitrogens is 2.